The van der Waals surface area contributed by atoms with E-state index in [1.54, 1.807) is 17.0 Å². The number of hydrogen-bond acceptors (Lipinski definition) is 2. The van der Waals surface area contributed by atoms with Crippen LogP contribution in [0.5, 0.6) is 0 Å². The molecule has 1 fully saturated rings. The quantitative estimate of drug-likeness (QED) is 0.922. The molecular weight excluding hydrogens is 313 g/mol. The number of carbonyl (C=O) groups is 2. The van der Waals surface area contributed by atoms with Crippen LogP contribution in [0.25, 0.3) is 0 Å². The van der Waals surface area contributed by atoms with Crippen LogP contribution in [0.1, 0.15) is 24.8 Å². The average molecular weight is 330 g/mol. The van der Waals surface area contributed by atoms with Crippen LogP contribution in [-0.4, -0.2) is 35.0 Å². The summed E-state index contributed by atoms with van der Waals surface area (Å²) < 4.78 is 0. The summed E-state index contributed by atoms with van der Waals surface area (Å²) in [5.41, 5.74) is 0.971. The summed E-state index contributed by atoms with van der Waals surface area (Å²) in [4.78, 5) is 24.7. The van der Waals surface area contributed by atoms with E-state index >= 15 is 0 Å². The van der Waals surface area contributed by atoms with Crippen LogP contribution in [0, 0.1) is 5.92 Å². The monoisotopic (exact) mass is 329 g/mol. The third-order valence-corrected chi connectivity index (χ3v) is 4.55. The van der Waals surface area contributed by atoms with Gasteiger partial charge >= 0.3 is 5.97 Å². The summed E-state index contributed by atoms with van der Waals surface area (Å²) in [6.07, 6.45) is 2.08. The first-order valence-electron chi connectivity index (χ1n) is 6.92. The Morgan fingerprint density at radius 1 is 1.19 bits per heavy atom. The van der Waals surface area contributed by atoms with Gasteiger partial charge in [0.2, 0.25) is 5.91 Å². The molecule has 0 aliphatic carbocycles. The number of aliphatic carboxylic acids is 1. The lowest BCUT2D eigenvalue weighted by Crippen LogP contribution is -2.40. The highest BCUT2D eigenvalue weighted by Crippen LogP contribution is 2.23. The second-order valence-corrected chi connectivity index (χ2v) is 6.06. The molecule has 0 spiro atoms. The zero-order valence-electron chi connectivity index (χ0n) is 11.5. The molecule has 0 unspecified atom stereocenters. The highest BCUT2D eigenvalue weighted by Gasteiger charge is 2.26. The van der Waals surface area contributed by atoms with E-state index in [2.05, 4.69) is 0 Å². The average Bonchev–Trinajstić information content (AvgIpc) is 2.48. The van der Waals surface area contributed by atoms with Crippen molar-refractivity contribution in [1.82, 2.24) is 4.90 Å². The highest BCUT2D eigenvalue weighted by atomic mass is 35.5. The largest absolute Gasteiger partial charge is 0.481 e. The maximum absolute atomic E-state index is 12.1. The van der Waals surface area contributed by atoms with Gasteiger partial charge in [-0.1, -0.05) is 29.3 Å². The molecule has 1 aromatic rings. The van der Waals surface area contributed by atoms with Crippen molar-refractivity contribution in [2.45, 2.75) is 25.7 Å². The zero-order chi connectivity index (χ0) is 15.4. The normalized spacial score (nSPS) is 16.0. The molecule has 0 bridgehead atoms. The number of nitrogens with zero attached hydrogens (tertiary/aromatic N) is 1. The van der Waals surface area contributed by atoms with Gasteiger partial charge in [0.05, 0.1) is 16.0 Å². The number of hydrogen-bond donors (Lipinski definition) is 1. The topological polar surface area (TPSA) is 57.6 Å². The van der Waals surface area contributed by atoms with Gasteiger partial charge in [-0.3, -0.25) is 9.59 Å². The number of amides is 1. The Labute approximate surface area is 133 Å². The van der Waals surface area contributed by atoms with Crippen molar-refractivity contribution in [3.63, 3.8) is 0 Å². The van der Waals surface area contributed by atoms with Crippen LogP contribution in [0.3, 0.4) is 0 Å². The fourth-order valence-corrected chi connectivity index (χ4v) is 2.80. The first-order chi connectivity index (χ1) is 9.97. The Bertz CT molecular complexity index is 540. The van der Waals surface area contributed by atoms with Gasteiger partial charge in [0, 0.05) is 19.5 Å². The molecule has 1 heterocycles. The van der Waals surface area contributed by atoms with Gasteiger partial charge in [0.1, 0.15) is 0 Å². The van der Waals surface area contributed by atoms with Crippen molar-refractivity contribution in [1.29, 1.82) is 0 Å². The predicted molar refractivity (Wildman–Crippen MR) is 81.7 cm³/mol. The molecule has 0 saturated carbocycles. The molecule has 2 rings (SSSR count). The molecule has 0 atom stereocenters. The summed E-state index contributed by atoms with van der Waals surface area (Å²) in [5.74, 6) is -1.02. The fourth-order valence-electron chi connectivity index (χ4n) is 2.48. The first kappa shape index (κ1) is 16.1. The number of rotatable bonds is 4. The van der Waals surface area contributed by atoms with E-state index in [9.17, 15) is 9.59 Å². The van der Waals surface area contributed by atoms with E-state index in [-0.39, 0.29) is 11.8 Å². The van der Waals surface area contributed by atoms with E-state index < -0.39 is 5.97 Å². The van der Waals surface area contributed by atoms with E-state index in [0.717, 1.165) is 5.56 Å². The third kappa shape index (κ3) is 4.35. The molecule has 6 heteroatoms. The van der Waals surface area contributed by atoms with Gasteiger partial charge in [0.25, 0.3) is 0 Å². The number of carbonyl (C=O) groups excluding carboxylic acids is 1. The molecule has 1 saturated heterocycles. The molecule has 1 aromatic carbocycles. The number of benzene rings is 1. The van der Waals surface area contributed by atoms with Crippen LogP contribution in [0.4, 0.5) is 0 Å². The van der Waals surface area contributed by atoms with Crippen LogP contribution in [0.2, 0.25) is 10.0 Å². The minimum Gasteiger partial charge on any atom is -0.481 e. The minimum atomic E-state index is -0.766. The number of likely N-dealkylation sites (tertiary alicyclic amines) is 1. The molecule has 1 aliphatic heterocycles. The predicted octanol–water partition coefficient (Wildman–Crippen LogP) is 3.25. The second kappa shape index (κ2) is 7.14. The Balaban J connectivity index is 1.82. The third-order valence-electron chi connectivity index (χ3n) is 3.81. The minimum absolute atomic E-state index is 0.0601. The van der Waals surface area contributed by atoms with E-state index in [1.807, 2.05) is 6.07 Å². The van der Waals surface area contributed by atoms with Crippen molar-refractivity contribution < 1.29 is 14.7 Å². The van der Waals surface area contributed by atoms with Gasteiger partial charge in [-0.25, -0.2) is 0 Å². The van der Waals surface area contributed by atoms with Gasteiger partial charge in [-0.05, 0) is 37.0 Å². The number of halogens is 2. The molecule has 114 valence electrons. The smallest absolute Gasteiger partial charge is 0.306 e. The molecule has 0 radical (unpaired) electrons. The Kier molecular flexibility index (Phi) is 5.48. The van der Waals surface area contributed by atoms with E-state index in [1.165, 1.54) is 0 Å². The van der Waals surface area contributed by atoms with Crippen LogP contribution < -0.4 is 0 Å². The van der Waals surface area contributed by atoms with Crippen molar-refractivity contribution in [2.24, 2.45) is 5.92 Å². The number of piperidine rings is 1. The molecular formula is C15H17Cl2NO3. The number of aryl methyl sites for hydroxylation is 1. The SMILES string of the molecule is O=C(O)C1CCN(C(=O)CCc2ccc(Cl)c(Cl)c2)CC1. The van der Waals surface area contributed by atoms with Gasteiger partial charge in [0.15, 0.2) is 0 Å². The molecule has 1 aliphatic rings. The molecule has 1 N–H and O–H groups in total. The highest BCUT2D eigenvalue weighted by molar-refractivity contribution is 6.42. The second-order valence-electron chi connectivity index (χ2n) is 5.24. The van der Waals surface area contributed by atoms with Crippen molar-refractivity contribution >= 4 is 35.1 Å². The fraction of sp³-hybridized carbons (Fsp3) is 0.467. The lowest BCUT2D eigenvalue weighted by molar-refractivity contribution is -0.145. The van der Waals surface area contributed by atoms with Crippen LogP contribution in [-0.2, 0) is 16.0 Å². The standard InChI is InChI=1S/C15H17Cl2NO3/c16-12-3-1-10(9-13(12)17)2-4-14(19)18-7-5-11(6-8-18)15(20)21/h1,3,9,11H,2,4-8H2,(H,20,21). The summed E-state index contributed by atoms with van der Waals surface area (Å²) in [5, 5.41) is 9.93. The maximum atomic E-state index is 12.1. The molecule has 1 amide bonds. The van der Waals surface area contributed by atoms with Gasteiger partial charge in [-0.15, -0.1) is 0 Å². The number of carboxylic acids is 1. The van der Waals surface area contributed by atoms with Crippen molar-refractivity contribution in [3.8, 4) is 0 Å². The summed E-state index contributed by atoms with van der Waals surface area (Å²) in [6.45, 7) is 1.05. The Hall–Kier alpha value is -1.26. The maximum Gasteiger partial charge on any atom is 0.306 e. The summed E-state index contributed by atoms with van der Waals surface area (Å²) in [7, 11) is 0. The summed E-state index contributed by atoms with van der Waals surface area (Å²) in [6, 6.07) is 5.36. The van der Waals surface area contributed by atoms with Crippen LogP contribution >= 0.6 is 23.2 Å². The first-order valence-corrected chi connectivity index (χ1v) is 7.67. The zero-order valence-corrected chi connectivity index (χ0v) is 13.0. The Morgan fingerprint density at radius 3 is 2.43 bits per heavy atom. The van der Waals surface area contributed by atoms with Gasteiger partial charge < -0.3 is 10.0 Å². The van der Waals surface area contributed by atoms with Crippen molar-refractivity contribution in [3.05, 3.63) is 33.8 Å². The van der Waals surface area contributed by atoms with Gasteiger partial charge in [-0.2, -0.15) is 0 Å². The Morgan fingerprint density at radius 2 is 1.86 bits per heavy atom. The lowest BCUT2D eigenvalue weighted by atomic mass is 9.96. The summed E-state index contributed by atoms with van der Waals surface area (Å²) >= 11 is 11.8. The molecule has 21 heavy (non-hydrogen) atoms. The van der Waals surface area contributed by atoms with Crippen molar-refractivity contribution in [2.75, 3.05) is 13.1 Å². The van der Waals surface area contributed by atoms with Crippen LogP contribution in [0.15, 0.2) is 18.2 Å². The number of carboxylic acid groups (broad SMARTS) is 1. The van der Waals surface area contributed by atoms with E-state index in [0.29, 0.717) is 48.8 Å². The van der Waals surface area contributed by atoms with E-state index in [4.69, 9.17) is 28.3 Å². The molecule has 4 nitrogen and oxygen atoms in total. The lowest BCUT2D eigenvalue weighted by Gasteiger charge is -2.30. The molecule has 0 aromatic heterocycles.